The Morgan fingerprint density at radius 2 is 2.20 bits per heavy atom. The Kier molecular flexibility index (Phi) is 4.61. The van der Waals surface area contributed by atoms with E-state index in [1.165, 1.54) is 6.20 Å². The number of urea groups is 1. The first-order chi connectivity index (χ1) is 9.50. The number of nitrogens with zero attached hydrogens (tertiary/aromatic N) is 2. The number of carbonyl (C=O) groups excluding carboxylic acids is 1. The van der Waals surface area contributed by atoms with Crippen LogP contribution in [0.25, 0.3) is 0 Å². The lowest BCUT2D eigenvalue weighted by molar-refractivity contribution is 0.193. The number of aromatic nitrogens is 2. The van der Waals surface area contributed by atoms with E-state index >= 15 is 0 Å². The summed E-state index contributed by atoms with van der Waals surface area (Å²) in [6.07, 6.45) is 4.37. The summed E-state index contributed by atoms with van der Waals surface area (Å²) < 4.78 is 25.6. The zero-order chi connectivity index (χ0) is 14.6. The summed E-state index contributed by atoms with van der Waals surface area (Å²) in [7, 11) is -3.18. The zero-order valence-electron chi connectivity index (χ0n) is 11.3. The van der Waals surface area contributed by atoms with Crippen molar-refractivity contribution in [2.75, 3.05) is 24.2 Å². The number of hydrogen-bond acceptors (Lipinski definition) is 4. The summed E-state index contributed by atoms with van der Waals surface area (Å²) in [5, 5.41) is 9.08. The number of rotatable bonds is 4. The number of sulfonamides is 1. The van der Waals surface area contributed by atoms with Gasteiger partial charge in [-0.15, -0.1) is 0 Å². The normalized spacial score (nSPS) is 17.1. The Balaban J connectivity index is 1.80. The molecule has 2 amide bonds. The summed E-state index contributed by atoms with van der Waals surface area (Å²) in [5.41, 5.74) is 0.615. The molecule has 1 saturated heterocycles. The second kappa shape index (κ2) is 6.23. The minimum absolute atomic E-state index is 0.0776. The van der Waals surface area contributed by atoms with Gasteiger partial charge in [0.2, 0.25) is 10.0 Å². The number of aromatic amines is 1. The second-order valence-electron chi connectivity index (χ2n) is 4.70. The van der Waals surface area contributed by atoms with Crippen molar-refractivity contribution < 1.29 is 13.2 Å². The van der Waals surface area contributed by atoms with Crippen molar-refractivity contribution in [2.45, 2.75) is 25.8 Å². The molecular weight excluding hydrogens is 282 g/mol. The van der Waals surface area contributed by atoms with Crippen LogP contribution in [0, 0.1) is 0 Å². The van der Waals surface area contributed by atoms with Crippen LogP contribution in [0.3, 0.4) is 0 Å². The van der Waals surface area contributed by atoms with Gasteiger partial charge >= 0.3 is 6.03 Å². The van der Waals surface area contributed by atoms with Crippen LogP contribution in [-0.4, -0.2) is 54.4 Å². The fraction of sp³-hybridized carbons (Fsp3) is 0.636. The molecular formula is C11H19N5O3S. The third kappa shape index (κ3) is 3.94. The molecule has 0 atom stereocenters. The van der Waals surface area contributed by atoms with Gasteiger partial charge in [-0.3, -0.25) is 5.10 Å². The number of nitrogens with one attached hydrogen (secondary N) is 3. The highest BCUT2D eigenvalue weighted by atomic mass is 32.2. The van der Waals surface area contributed by atoms with E-state index in [1.807, 2.05) is 0 Å². The molecule has 1 fully saturated rings. The number of anilines is 1. The smallest absolute Gasteiger partial charge is 0.321 e. The van der Waals surface area contributed by atoms with Crippen molar-refractivity contribution in [3.63, 3.8) is 0 Å². The lowest BCUT2D eigenvalue weighted by Crippen LogP contribution is -2.47. The standard InChI is InChI=1S/C11H19N5O3S/c1-2-20(18,19)15-9-3-5-16(6-4-9)11(17)14-10-7-12-13-8-10/h7-9,15H,2-6H2,1H3,(H,12,13)(H,14,17). The van der Waals surface area contributed by atoms with Gasteiger partial charge in [-0.25, -0.2) is 17.9 Å². The Labute approximate surface area is 118 Å². The molecule has 1 aliphatic rings. The van der Waals surface area contributed by atoms with Crippen LogP contribution in [0.4, 0.5) is 10.5 Å². The fourth-order valence-corrected chi connectivity index (χ4v) is 2.97. The number of piperidine rings is 1. The topological polar surface area (TPSA) is 107 Å². The molecule has 0 aliphatic carbocycles. The molecule has 8 nitrogen and oxygen atoms in total. The highest BCUT2D eigenvalue weighted by Crippen LogP contribution is 2.13. The van der Waals surface area contributed by atoms with Gasteiger partial charge in [0.1, 0.15) is 0 Å². The van der Waals surface area contributed by atoms with E-state index in [4.69, 9.17) is 0 Å². The van der Waals surface area contributed by atoms with Crippen molar-refractivity contribution in [3.8, 4) is 0 Å². The number of amides is 2. The van der Waals surface area contributed by atoms with E-state index < -0.39 is 10.0 Å². The van der Waals surface area contributed by atoms with Crippen LogP contribution < -0.4 is 10.0 Å². The quantitative estimate of drug-likeness (QED) is 0.745. The maximum Gasteiger partial charge on any atom is 0.321 e. The maximum atomic E-state index is 11.9. The Morgan fingerprint density at radius 1 is 1.50 bits per heavy atom. The minimum Gasteiger partial charge on any atom is -0.324 e. The Morgan fingerprint density at radius 3 is 2.75 bits per heavy atom. The largest absolute Gasteiger partial charge is 0.324 e. The lowest BCUT2D eigenvalue weighted by atomic mass is 10.1. The average molecular weight is 301 g/mol. The summed E-state index contributed by atoms with van der Waals surface area (Å²) in [4.78, 5) is 13.6. The molecule has 1 aromatic heterocycles. The van der Waals surface area contributed by atoms with Crippen LogP contribution >= 0.6 is 0 Å². The van der Waals surface area contributed by atoms with Gasteiger partial charge in [-0.2, -0.15) is 5.10 Å². The maximum absolute atomic E-state index is 11.9. The summed E-state index contributed by atoms with van der Waals surface area (Å²) in [5.74, 6) is 0.0776. The molecule has 3 N–H and O–H groups in total. The van der Waals surface area contributed by atoms with Gasteiger partial charge in [-0.05, 0) is 19.8 Å². The third-order valence-corrected chi connectivity index (χ3v) is 4.71. The predicted octanol–water partition coefficient (Wildman–Crippen LogP) is 0.345. The summed E-state index contributed by atoms with van der Waals surface area (Å²) in [6, 6.07) is -0.277. The number of hydrogen-bond donors (Lipinski definition) is 3. The van der Waals surface area contributed by atoms with Gasteiger partial charge in [0.15, 0.2) is 0 Å². The predicted molar refractivity (Wildman–Crippen MR) is 74.8 cm³/mol. The van der Waals surface area contributed by atoms with Crippen molar-refractivity contribution in [1.29, 1.82) is 0 Å². The highest BCUT2D eigenvalue weighted by Gasteiger charge is 2.25. The van der Waals surface area contributed by atoms with Crippen LogP contribution in [0.5, 0.6) is 0 Å². The first kappa shape index (κ1) is 14.8. The Hall–Kier alpha value is -1.61. The van der Waals surface area contributed by atoms with Crippen LogP contribution in [-0.2, 0) is 10.0 Å². The number of carbonyl (C=O) groups is 1. The Bertz CT molecular complexity index is 534. The van der Waals surface area contributed by atoms with Crippen molar-refractivity contribution in [1.82, 2.24) is 19.8 Å². The van der Waals surface area contributed by atoms with Crippen LogP contribution in [0.2, 0.25) is 0 Å². The van der Waals surface area contributed by atoms with Gasteiger partial charge < -0.3 is 10.2 Å². The fourth-order valence-electron chi connectivity index (χ4n) is 2.06. The highest BCUT2D eigenvalue weighted by molar-refractivity contribution is 7.89. The van der Waals surface area contributed by atoms with Crippen molar-refractivity contribution >= 4 is 21.7 Å². The molecule has 0 aromatic carbocycles. The molecule has 20 heavy (non-hydrogen) atoms. The van der Waals surface area contributed by atoms with Gasteiger partial charge in [0, 0.05) is 25.3 Å². The molecule has 2 heterocycles. The van der Waals surface area contributed by atoms with Crippen LogP contribution in [0.15, 0.2) is 12.4 Å². The summed E-state index contributed by atoms with van der Waals surface area (Å²) in [6.45, 7) is 2.66. The lowest BCUT2D eigenvalue weighted by Gasteiger charge is -2.32. The average Bonchev–Trinajstić information content (AvgIpc) is 2.92. The van der Waals surface area contributed by atoms with Gasteiger partial charge in [-0.1, -0.05) is 0 Å². The second-order valence-corrected chi connectivity index (χ2v) is 6.74. The molecule has 9 heteroatoms. The molecule has 2 rings (SSSR count). The van der Waals surface area contributed by atoms with Crippen LogP contribution in [0.1, 0.15) is 19.8 Å². The summed E-state index contributed by atoms with van der Waals surface area (Å²) >= 11 is 0. The molecule has 0 saturated carbocycles. The molecule has 0 unspecified atom stereocenters. The van der Waals surface area contributed by atoms with E-state index in [0.717, 1.165) is 0 Å². The molecule has 0 bridgehead atoms. The van der Waals surface area contributed by atoms with Gasteiger partial charge in [0.25, 0.3) is 0 Å². The molecule has 1 aliphatic heterocycles. The van der Waals surface area contributed by atoms with E-state index in [1.54, 1.807) is 18.0 Å². The monoisotopic (exact) mass is 301 g/mol. The third-order valence-electron chi connectivity index (χ3n) is 3.26. The number of H-pyrrole nitrogens is 1. The first-order valence-corrected chi connectivity index (χ1v) is 8.20. The van der Waals surface area contributed by atoms with E-state index in [9.17, 15) is 13.2 Å². The first-order valence-electron chi connectivity index (χ1n) is 6.55. The zero-order valence-corrected chi connectivity index (χ0v) is 12.1. The minimum atomic E-state index is -3.18. The number of likely N-dealkylation sites (tertiary alicyclic amines) is 1. The molecule has 0 spiro atoms. The van der Waals surface area contributed by atoms with Crippen molar-refractivity contribution in [2.24, 2.45) is 0 Å². The van der Waals surface area contributed by atoms with E-state index in [2.05, 4.69) is 20.2 Å². The molecule has 112 valence electrons. The SMILES string of the molecule is CCS(=O)(=O)NC1CCN(C(=O)Nc2cn[nH]c2)CC1. The van der Waals surface area contributed by atoms with Gasteiger partial charge in [0.05, 0.1) is 17.6 Å². The molecule has 1 aromatic rings. The molecule has 0 radical (unpaired) electrons. The van der Waals surface area contributed by atoms with Crippen molar-refractivity contribution in [3.05, 3.63) is 12.4 Å². The van der Waals surface area contributed by atoms with E-state index in [0.29, 0.717) is 31.6 Å². The van der Waals surface area contributed by atoms with E-state index in [-0.39, 0.29) is 17.8 Å².